The van der Waals surface area contributed by atoms with Crippen LogP contribution in [0.1, 0.15) is 10.6 Å². The topological polar surface area (TPSA) is 67.2 Å². The van der Waals surface area contributed by atoms with E-state index in [2.05, 4.69) is 15.6 Å². The molecular formula is C25H14Cl3N3O2S2. The molecule has 2 N–H and O–H groups in total. The van der Waals surface area contributed by atoms with Gasteiger partial charge < -0.3 is 9.73 Å². The highest BCUT2D eigenvalue weighted by Crippen LogP contribution is 2.36. The summed E-state index contributed by atoms with van der Waals surface area (Å²) < 4.78 is 6.75. The number of nitrogens with zero attached hydrogens (tertiary/aromatic N) is 1. The number of halogens is 3. The number of rotatable bonds is 4. The van der Waals surface area contributed by atoms with Gasteiger partial charge in [-0.3, -0.25) is 10.1 Å². The van der Waals surface area contributed by atoms with Gasteiger partial charge in [0.05, 0.1) is 20.3 Å². The average molecular weight is 559 g/mol. The van der Waals surface area contributed by atoms with Crippen LogP contribution in [0.4, 0.5) is 5.69 Å². The first-order valence-electron chi connectivity index (χ1n) is 10.2. The summed E-state index contributed by atoms with van der Waals surface area (Å²) in [5.74, 6) is 0.0170. The van der Waals surface area contributed by atoms with Gasteiger partial charge in [0.1, 0.15) is 10.8 Å². The maximum atomic E-state index is 12.6. The lowest BCUT2D eigenvalue weighted by Crippen LogP contribution is -2.33. The fourth-order valence-electron chi connectivity index (χ4n) is 3.37. The second kappa shape index (κ2) is 9.97. The number of hydrogen-bond donors (Lipinski definition) is 2. The van der Waals surface area contributed by atoms with Crippen LogP contribution in [0.2, 0.25) is 15.1 Å². The molecule has 0 aliphatic heterocycles. The second-order valence-electron chi connectivity index (χ2n) is 7.38. The van der Waals surface area contributed by atoms with Crippen LogP contribution in [0.5, 0.6) is 0 Å². The maximum Gasteiger partial charge on any atom is 0.293 e. The largest absolute Gasteiger partial charge is 0.451 e. The molecule has 5 aromatic rings. The highest BCUT2D eigenvalue weighted by Gasteiger charge is 2.16. The van der Waals surface area contributed by atoms with Crippen molar-refractivity contribution in [3.05, 3.63) is 93.6 Å². The van der Waals surface area contributed by atoms with Crippen LogP contribution in [0, 0.1) is 0 Å². The smallest absolute Gasteiger partial charge is 0.293 e. The minimum atomic E-state index is -0.504. The first-order chi connectivity index (χ1) is 16.9. The molecule has 0 aliphatic rings. The van der Waals surface area contributed by atoms with Crippen LogP contribution in [0.15, 0.2) is 77.2 Å². The van der Waals surface area contributed by atoms with E-state index in [1.54, 1.807) is 47.7 Å². The van der Waals surface area contributed by atoms with E-state index in [1.165, 1.54) is 0 Å². The lowest BCUT2D eigenvalue weighted by molar-refractivity contribution is 0.0951. The number of para-hydroxylation sites is 1. The number of benzene rings is 3. The lowest BCUT2D eigenvalue weighted by Gasteiger charge is -2.10. The summed E-state index contributed by atoms with van der Waals surface area (Å²) in [5.41, 5.74) is 2.99. The van der Waals surface area contributed by atoms with Crippen molar-refractivity contribution in [2.45, 2.75) is 0 Å². The van der Waals surface area contributed by atoms with Gasteiger partial charge in [0.25, 0.3) is 5.91 Å². The second-order valence-corrected chi connectivity index (χ2v) is 10.1. The highest BCUT2D eigenvalue weighted by atomic mass is 35.5. The molecule has 0 aliphatic carbocycles. The SMILES string of the molecule is O=C(NC(=S)Nc1ccc(-c2nc3ccccc3s2)c(Cl)c1)c1ccc(-c2ccc(Cl)cc2Cl)o1. The molecule has 0 saturated carbocycles. The van der Waals surface area contributed by atoms with E-state index in [9.17, 15) is 4.79 Å². The van der Waals surface area contributed by atoms with Crippen molar-refractivity contribution >= 4 is 85.3 Å². The zero-order valence-corrected chi connectivity index (χ0v) is 21.5. The molecule has 1 amide bonds. The first kappa shape index (κ1) is 23.8. The summed E-state index contributed by atoms with van der Waals surface area (Å²) >= 11 is 25.5. The summed E-state index contributed by atoms with van der Waals surface area (Å²) in [6, 6.07) is 21.5. The zero-order chi connectivity index (χ0) is 24.5. The van der Waals surface area contributed by atoms with Crippen LogP contribution in [-0.2, 0) is 0 Å². The number of thiazole rings is 1. The first-order valence-corrected chi connectivity index (χ1v) is 12.6. The van der Waals surface area contributed by atoms with E-state index in [4.69, 9.17) is 51.4 Å². The molecule has 2 heterocycles. The third-order valence-electron chi connectivity index (χ3n) is 5.00. The number of carbonyl (C=O) groups is 1. The Hall–Kier alpha value is -2.94. The van der Waals surface area contributed by atoms with Gasteiger partial charge >= 0.3 is 0 Å². The number of carbonyl (C=O) groups excluding carboxylic acids is 1. The molecule has 0 saturated heterocycles. The third kappa shape index (κ3) is 5.19. The van der Waals surface area contributed by atoms with E-state index in [0.29, 0.717) is 32.1 Å². The van der Waals surface area contributed by atoms with Crippen molar-refractivity contribution in [3.8, 4) is 21.9 Å². The highest BCUT2D eigenvalue weighted by molar-refractivity contribution is 7.80. The zero-order valence-electron chi connectivity index (χ0n) is 17.6. The minimum absolute atomic E-state index is 0.0828. The van der Waals surface area contributed by atoms with Crippen LogP contribution < -0.4 is 10.6 Å². The van der Waals surface area contributed by atoms with Gasteiger partial charge in [-0.2, -0.15) is 0 Å². The number of aromatic nitrogens is 1. The maximum absolute atomic E-state index is 12.6. The van der Waals surface area contributed by atoms with Crippen LogP contribution in [0.3, 0.4) is 0 Å². The van der Waals surface area contributed by atoms with Gasteiger partial charge in [-0.25, -0.2) is 4.98 Å². The van der Waals surface area contributed by atoms with E-state index in [-0.39, 0.29) is 10.9 Å². The van der Waals surface area contributed by atoms with Gasteiger partial charge in [0.15, 0.2) is 10.9 Å². The van der Waals surface area contributed by atoms with E-state index < -0.39 is 5.91 Å². The van der Waals surface area contributed by atoms with Crippen molar-refractivity contribution in [2.75, 3.05) is 5.32 Å². The Kier molecular flexibility index (Phi) is 6.77. The van der Waals surface area contributed by atoms with E-state index in [0.717, 1.165) is 20.8 Å². The summed E-state index contributed by atoms with van der Waals surface area (Å²) in [4.78, 5) is 17.2. The fourth-order valence-corrected chi connectivity index (χ4v) is 5.42. The third-order valence-corrected chi connectivity index (χ3v) is 7.14. The fraction of sp³-hybridized carbons (Fsp3) is 0. The molecule has 0 fully saturated rings. The molecule has 0 spiro atoms. The molecule has 174 valence electrons. The predicted octanol–water partition coefficient (Wildman–Crippen LogP) is 8.31. The van der Waals surface area contributed by atoms with Crippen molar-refractivity contribution in [3.63, 3.8) is 0 Å². The molecule has 35 heavy (non-hydrogen) atoms. The normalized spacial score (nSPS) is 10.9. The molecule has 3 aromatic carbocycles. The van der Waals surface area contributed by atoms with E-state index in [1.807, 2.05) is 36.4 Å². The van der Waals surface area contributed by atoms with Crippen LogP contribution in [0.25, 0.3) is 32.1 Å². The molecule has 5 nitrogen and oxygen atoms in total. The number of furan rings is 1. The van der Waals surface area contributed by atoms with Gasteiger partial charge in [-0.15, -0.1) is 11.3 Å². The van der Waals surface area contributed by atoms with Crippen molar-refractivity contribution in [2.24, 2.45) is 0 Å². The standard InChI is InChI=1S/C25H14Cl3N3O2S2/c26-13-5-7-15(17(27)11-13)20-9-10-21(33-20)23(32)31-25(34)29-14-6-8-16(18(28)12-14)24-30-19-3-1-2-4-22(19)35-24/h1-12H,(H2,29,31,32,34). The van der Waals surface area contributed by atoms with Gasteiger partial charge in [-0.1, -0.05) is 46.9 Å². The minimum Gasteiger partial charge on any atom is -0.451 e. The summed E-state index contributed by atoms with van der Waals surface area (Å²) in [6.45, 7) is 0. The lowest BCUT2D eigenvalue weighted by atomic mass is 10.2. The number of hydrogen-bond acceptors (Lipinski definition) is 5. The molecule has 2 aromatic heterocycles. The van der Waals surface area contributed by atoms with Gasteiger partial charge in [0.2, 0.25) is 0 Å². The Bertz CT molecular complexity index is 1560. The summed E-state index contributed by atoms with van der Waals surface area (Å²) in [6.07, 6.45) is 0. The number of anilines is 1. The Morgan fingerprint density at radius 2 is 1.69 bits per heavy atom. The molecule has 0 unspecified atom stereocenters. The van der Waals surface area contributed by atoms with Crippen molar-refractivity contribution in [1.82, 2.24) is 10.3 Å². The van der Waals surface area contributed by atoms with Gasteiger partial charge in [0, 0.05) is 21.8 Å². The molecule has 5 rings (SSSR count). The molecule has 10 heteroatoms. The number of amides is 1. The summed E-state index contributed by atoms with van der Waals surface area (Å²) in [5, 5.41) is 7.92. The molecule has 0 bridgehead atoms. The molecule has 0 radical (unpaired) electrons. The number of fused-ring (bicyclic) bond motifs is 1. The van der Waals surface area contributed by atoms with Crippen molar-refractivity contribution < 1.29 is 9.21 Å². The Balaban J connectivity index is 1.26. The van der Waals surface area contributed by atoms with Crippen LogP contribution in [-0.4, -0.2) is 16.0 Å². The predicted molar refractivity (Wildman–Crippen MR) is 148 cm³/mol. The monoisotopic (exact) mass is 557 g/mol. The number of nitrogens with one attached hydrogen (secondary N) is 2. The Morgan fingerprint density at radius 3 is 2.46 bits per heavy atom. The van der Waals surface area contributed by atoms with E-state index >= 15 is 0 Å². The van der Waals surface area contributed by atoms with Crippen LogP contribution >= 0.6 is 58.4 Å². The quantitative estimate of drug-likeness (QED) is 0.217. The van der Waals surface area contributed by atoms with Gasteiger partial charge in [-0.05, 0) is 72.9 Å². The Morgan fingerprint density at radius 1 is 0.914 bits per heavy atom. The average Bonchev–Trinajstić information content (AvgIpc) is 3.46. The molecule has 0 atom stereocenters. The summed E-state index contributed by atoms with van der Waals surface area (Å²) in [7, 11) is 0. The van der Waals surface area contributed by atoms with Crippen molar-refractivity contribution in [1.29, 1.82) is 0 Å². The molecular weight excluding hydrogens is 545 g/mol. The number of thiocarbonyl (C=S) groups is 1. The Labute approximate surface area is 224 Å².